The van der Waals surface area contributed by atoms with Crippen molar-refractivity contribution in [3.05, 3.63) is 75.7 Å². The van der Waals surface area contributed by atoms with Crippen molar-refractivity contribution in [3.63, 3.8) is 0 Å². The fourth-order valence-corrected chi connectivity index (χ4v) is 3.72. The molecule has 0 aliphatic carbocycles. The van der Waals surface area contributed by atoms with E-state index in [1.165, 1.54) is 30.5 Å². The van der Waals surface area contributed by atoms with Crippen LogP contribution in [0.4, 0.5) is 27.6 Å². The van der Waals surface area contributed by atoms with Crippen molar-refractivity contribution in [2.45, 2.75) is 39.3 Å². The number of benzene rings is 2. The number of carbonyl (C=O) groups excluding carboxylic acids is 1. The zero-order valence-corrected chi connectivity index (χ0v) is 21.9. The van der Waals surface area contributed by atoms with Crippen LogP contribution in [0.1, 0.15) is 37.8 Å². The lowest BCUT2D eigenvalue weighted by atomic mass is 10.0. The molecule has 3 aromatic rings. The Hall–Kier alpha value is -3.93. The molecular weight excluding hydrogens is 539 g/mol. The highest BCUT2D eigenvalue weighted by Gasteiger charge is 2.35. The van der Waals surface area contributed by atoms with Crippen LogP contribution in [0.25, 0.3) is 11.1 Å². The summed E-state index contributed by atoms with van der Waals surface area (Å²) in [5.74, 6) is -3.93. The first-order valence-electron chi connectivity index (χ1n) is 12.6. The normalized spacial score (nSPS) is 11.4. The van der Waals surface area contributed by atoms with Gasteiger partial charge in [0.15, 0.2) is 17.4 Å². The van der Waals surface area contributed by atoms with Gasteiger partial charge in [-0.05, 0) is 37.6 Å². The van der Waals surface area contributed by atoms with Crippen LogP contribution in [-0.2, 0) is 22.1 Å². The number of pyridine rings is 1. The van der Waals surface area contributed by atoms with Crippen molar-refractivity contribution in [2.24, 2.45) is 0 Å². The van der Waals surface area contributed by atoms with Gasteiger partial charge in [0.05, 0.1) is 25.2 Å². The number of anilines is 1. The number of nitrogens with one attached hydrogen (secondary N) is 2. The molecule has 7 nitrogen and oxygen atoms in total. The second-order valence-electron chi connectivity index (χ2n) is 8.66. The number of ether oxygens (including phenoxy) is 3. The molecule has 1 amide bonds. The summed E-state index contributed by atoms with van der Waals surface area (Å²) in [5.41, 5.74) is -2.19. The molecule has 1 aromatic heterocycles. The molecular formula is C28H29F5N2O5. The van der Waals surface area contributed by atoms with E-state index in [-0.39, 0.29) is 47.9 Å². The Kier molecular flexibility index (Phi) is 10.7. The van der Waals surface area contributed by atoms with Gasteiger partial charge in [-0.25, -0.2) is 8.78 Å². The van der Waals surface area contributed by atoms with Crippen molar-refractivity contribution < 1.29 is 41.0 Å². The summed E-state index contributed by atoms with van der Waals surface area (Å²) < 4.78 is 86.2. The summed E-state index contributed by atoms with van der Waals surface area (Å²) in [7, 11) is 0. The Bertz CT molecular complexity index is 1370. The number of H-pyrrole nitrogens is 1. The van der Waals surface area contributed by atoms with E-state index in [4.69, 9.17) is 14.2 Å². The van der Waals surface area contributed by atoms with Gasteiger partial charge >= 0.3 is 6.18 Å². The van der Waals surface area contributed by atoms with Gasteiger partial charge in [-0.3, -0.25) is 9.59 Å². The highest BCUT2D eigenvalue weighted by molar-refractivity contribution is 5.92. The summed E-state index contributed by atoms with van der Waals surface area (Å²) >= 11 is 0. The number of unbranched alkanes of at least 4 members (excludes halogenated alkanes) is 1. The standard InChI is InChI=1S/C28H29F5N2O5/c1-3-5-10-38-11-12-40-22-9-7-19(15-21(22)28(31,32)33)35-24(36)14-17-6-8-20(26(30)25(17)29)18-13-23(39-4-2)27(37)34-16-18/h6-9,13,15-16H,3-5,10-12,14H2,1-2H3,(H,34,37)(H,35,36). The topological polar surface area (TPSA) is 89.7 Å². The molecule has 0 bridgehead atoms. The molecule has 0 radical (unpaired) electrons. The predicted octanol–water partition coefficient (Wildman–Crippen LogP) is 6.11. The van der Waals surface area contributed by atoms with Crippen LogP contribution in [0.3, 0.4) is 0 Å². The van der Waals surface area contributed by atoms with Crippen LogP contribution in [-0.4, -0.2) is 37.3 Å². The van der Waals surface area contributed by atoms with Crippen molar-refractivity contribution in [3.8, 4) is 22.6 Å². The van der Waals surface area contributed by atoms with E-state index in [2.05, 4.69) is 10.3 Å². The summed E-state index contributed by atoms with van der Waals surface area (Å²) in [4.78, 5) is 26.7. The fourth-order valence-electron chi connectivity index (χ4n) is 3.72. The van der Waals surface area contributed by atoms with E-state index in [9.17, 15) is 31.5 Å². The van der Waals surface area contributed by atoms with Crippen LogP contribution in [0.15, 0.2) is 47.4 Å². The molecule has 0 aliphatic rings. The molecule has 0 saturated heterocycles. The number of aromatic nitrogens is 1. The number of aromatic amines is 1. The lowest BCUT2D eigenvalue weighted by Crippen LogP contribution is -2.17. The van der Waals surface area contributed by atoms with E-state index < -0.39 is 47.0 Å². The van der Waals surface area contributed by atoms with Gasteiger partial charge < -0.3 is 24.5 Å². The van der Waals surface area contributed by atoms with Crippen LogP contribution >= 0.6 is 0 Å². The van der Waals surface area contributed by atoms with Crippen molar-refractivity contribution >= 4 is 11.6 Å². The third-order valence-corrected chi connectivity index (χ3v) is 5.69. The SMILES string of the molecule is CCCCOCCOc1ccc(NC(=O)Cc2ccc(-c3c[nH]c(=O)c(OCC)c3)c(F)c2F)cc1C(F)(F)F. The number of rotatable bonds is 13. The van der Waals surface area contributed by atoms with E-state index >= 15 is 0 Å². The molecule has 216 valence electrons. The minimum absolute atomic E-state index is 0.0711. The monoisotopic (exact) mass is 568 g/mol. The smallest absolute Gasteiger partial charge is 0.420 e. The molecule has 0 spiro atoms. The fraction of sp³-hybridized carbons (Fsp3) is 0.357. The van der Waals surface area contributed by atoms with Gasteiger partial charge in [0, 0.05) is 35.2 Å². The Labute approximate surface area is 227 Å². The van der Waals surface area contributed by atoms with Gasteiger partial charge in [0.1, 0.15) is 12.4 Å². The summed E-state index contributed by atoms with van der Waals surface area (Å²) in [6, 6.07) is 6.66. The summed E-state index contributed by atoms with van der Waals surface area (Å²) in [5, 5.41) is 2.28. The van der Waals surface area contributed by atoms with Crippen molar-refractivity contribution in [1.82, 2.24) is 4.98 Å². The van der Waals surface area contributed by atoms with E-state index in [1.807, 2.05) is 6.92 Å². The highest BCUT2D eigenvalue weighted by Crippen LogP contribution is 2.38. The molecule has 2 N–H and O–H groups in total. The van der Waals surface area contributed by atoms with Crippen LogP contribution in [0.2, 0.25) is 0 Å². The molecule has 12 heteroatoms. The van der Waals surface area contributed by atoms with Crippen LogP contribution in [0, 0.1) is 11.6 Å². The maximum atomic E-state index is 14.9. The number of carbonyl (C=O) groups is 1. The van der Waals surface area contributed by atoms with Gasteiger partial charge in [0.25, 0.3) is 5.56 Å². The number of halogens is 5. The molecule has 0 atom stereocenters. The van der Waals surface area contributed by atoms with Crippen molar-refractivity contribution in [2.75, 3.05) is 31.7 Å². The number of amides is 1. The minimum atomic E-state index is -4.77. The van der Waals surface area contributed by atoms with Gasteiger partial charge in [-0.2, -0.15) is 13.2 Å². The Balaban J connectivity index is 1.72. The number of hydrogen-bond donors (Lipinski definition) is 2. The molecule has 1 heterocycles. The first-order chi connectivity index (χ1) is 19.0. The Morgan fingerprint density at radius 1 is 0.950 bits per heavy atom. The predicted molar refractivity (Wildman–Crippen MR) is 139 cm³/mol. The van der Waals surface area contributed by atoms with Gasteiger partial charge in [-0.15, -0.1) is 0 Å². The maximum Gasteiger partial charge on any atom is 0.420 e. The first kappa shape index (κ1) is 30.6. The Morgan fingerprint density at radius 3 is 2.42 bits per heavy atom. The zero-order chi connectivity index (χ0) is 29.3. The third kappa shape index (κ3) is 8.04. The molecule has 0 unspecified atom stereocenters. The average molecular weight is 569 g/mol. The summed E-state index contributed by atoms with van der Waals surface area (Å²) in [6.07, 6.45) is -2.47. The van der Waals surface area contributed by atoms with Gasteiger partial charge in [-0.1, -0.05) is 25.5 Å². The second kappa shape index (κ2) is 13.9. The van der Waals surface area contributed by atoms with Crippen LogP contribution in [0.5, 0.6) is 11.5 Å². The van der Waals surface area contributed by atoms with E-state index in [1.54, 1.807) is 6.92 Å². The van der Waals surface area contributed by atoms with Crippen molar-refractivity contribution in [1.29, 1.82) is 0 Å². The van der Waals surface area contributed by atoms with E-state index in [0.717, 1.165) is 18.9 Å². The maximum absolute atomic E-state index is 14.9. The first-order valence-corrected chi connectivity index (χ1v) is 12.6. The number of alkyl halides is 3. The summed E-state index contributed by atoms with van der Waals surface area (Å²) in [6.45, 7) is 4.33. The van der Waals surface area contributed by atoms with Crippen LogP contribution < -0.4 is 20.3 Å². The zero-order valence-electron chi connectivity index (χ0n) is 21.9. The quantitative estimate of drug-likeness (QED) is 0.192. The second-order valence-corrected chi connectivity index (χ2v) is 8.66. The lowest BCUT2D eigenvalue weighted by Gasteiger charge is -2.16. The molecule has 0 aliphatic heterocycles. The number of hydrogen-bond acceptors (Lipinski definition) is 5. The Morgan fingerprint density at radius 2 is 1.73 bits per heavy atom. The minimum Gasteiger partial charge on any atom is -0.491 e. The third-order valence-electron chi connectivity index (χ3n) is 5.69. The van der Waals surface area contributed by atoms with Gasteiger partial charge in [0.2, 0.25) is 5.91 Å². The van der Waals surface area contributed by atoms with E-state index in [0.29, 0.717) is 12.7 Å². The largest absolute Gasteiger partial charge is 0.491 e. The average Bonchev–Trinajstić information content (AvgIpc) is 2.90. The lowest BCUT2D eigenvalue weighted by molar-refractivity contribution is -0.139. The molecule has 2 aromatic carbocycles. The molecule has 3 rings (SSSR count). The molecule has 0 fully saturated rings. The highest BCUT2D eigenvalue weighted by atomic mass is 19.4. The molecule has 40 heavy (non-hydrogen) atoms. The molecule has 0 saturated carbocycles.